The van der Waals surface area contributed by atoms with Crippen molar-refractivity contribution >= 4 is 38.7 Å². The first-order valence-corrected chi connectivity index (χ1v) is 10.1. The van der Waals surface area contributed by atoms with Crippen molar-refractivity contribution in [1.29, 1.82) is 0 Å². The van der Waals surface area contributed by atoms with Crippen LogP contribution in [0.25, 0.3) is 11.2 Å². The number of aromatic nitrogens is 3. The fourth-order valence-corrected chi connectivity index (χ4v) is 4.11. The fourth-order valence-electron chi connectivity index (χ4n) is 3.71. The van der Waals surface area contributed by atoms with Gasteiger partial charge in [-0.2, -0.15) is 0 Å². The highest BCUT2D eigenvalue weighted by Crippen LogP contribution is 2.44. The minimum Gasteiger partial charge on any atom is -0.383 e. The van der Waals surface area contributed by atoms with E-state index in [0.717, 1.165) is 24.2 Å². The number of carbonyl (C=O) groups is 1. The minimum absolute atomic E-state index is 0.248. The quantitative estimate of drug-likeness (QED) is 0.669. The number of amides is 1. The molecule has 0 spiro atoms. The second-order valence-corrected chi connectivity index (χ2v) is 8.18. The topological polar surface area (TPSA) is 99.5 Å². The van der Waals surface area contributed by atoms with Crippen molar-refractivity contribution in [3.63, 3.8) is 0 Å². The van der Waals surface area contributed by atoms with Gasteiger partial charge in [0.05, 0.1) is 12.0 Å². The van der Waals surface area contributed by atoms with E-state index in [1.807, 2.05) is 24.5 Å². The van der Waals surface area contributed by atoms with Crippen LogP contribution < -0.4 is 10.6 Å². The van der Waals surface area contributed by atoms with Gasteiger partial charge in [0.1, 0.15) is 22.3 Å². The van der Waals surface area contributed by atoms with E-state index in [1.165, 1.54) is 0 Å². The van der Waals surface area contributed by atoms with Gasteiger partial charge >= 0.3 is 0 Å². The van der Waals surface area contributed by atoms with E-state index in [-0.39, 0.29) is 5.91 Å². The molecule has 2 fully saturated rings. The lowest BCUT2D eigenvalue weighted by Crippen LogP contribution is -2.41. The Kier molecular flexibility index (Phi) is 5.07. The Morgan fingerprint density at radius 1 is 1.36 bits per heavy atom. The predicted octanol–water partition coefficient (Wildman–Crippen LogP) is 2.18. The number of hydrogen-bond acceptors (Lipinski definition) is 7. The van der Waals surface area contributed by atoms with Crippen molar-refractivity contribution in [3.8, 4) is 0 Å². The zero-order chi connectivity index (χ0) is 20.1. The third-order valence-corrected chi connectivity index (χ3v) is 5.28. The van der Waals surface area contributed by atoms with Crippen LogP contribution in [0, 0.1) is 0 Å². The highest BCUT2D eigenvalue weighted by Gasteiger charge is 2.58. The van der Waals surface area contributed by atoms with E-state index in [1.54, 1.807) is 13.4 Å². The summed E-state index contributed by atoms with van der Waals surface area (Å²) >= 11 is 3.47. The van der Waals surface area contributed by atoms with Gasteiger partial charge < -0.3 is 24.8 Å². The summed E-state index contributed by atoms with van der Waals surface area (Å²) in [5.41, 5.74) is 2.26. The molecule has 2 N–H and O–H groups in total. The summed E-state index contributed by atoms with van der Waals surface area (Å²) in [7, 11) is 1.58. The predicted molar refractivity (Wildman–Crippen MR) is 106 cm³/mol. The number of hydrogen-bond donors (Lipinski definition) is 2. The Bertz CT molecular complexity index is 901. The van der Waals surface area contributed by atoms with Gasteiger partial charge in [-0.15, -0.1) is 0 Å². The summed E-state index contributed by atoms with van der Waals surface area (Å²) < 4.78 is 20.6. The number of pyridine rings is 1. The van der Waals surface area contributed by atoms with E-state index in [4.69, 9.17) is 14.2 Å². The van der Waals surface area contributed by atoms with Gasteiger partial charge in [-0.3, -0.25) is 9.36 Å². The van der Waals surface area contributed by atoms with Crippen LogP contribution in [0.4, 0.5) is 5.69 Å². The molecule has 4 atom stereocenters. The largest absolute Gasteiger partial charge is 0.383 e. The molecule has 0 aliphatic carbocycles. The van der Waals surface area contributed by atoms with Gasteiger partial charge in [0, 0.05) is 13.6 Å². The lowest BCUT2D eigenvalue weighted by molar-refractivity contribution is -0.197. The number of likely N-dealkylation sites (N-methyl/N-ethyl adjacent to an activating group) is 1. The van der Waals surface area contributed by atoms with Gasteiger partial charge in [0.25, 0.3) is 5.91 Å². The molecular weight excluding hydrogens is 430 g/mol. The molecule has 0 bridgehead atoms. The number of halogens is 1. The van der Waals surface area contributed by atoms with Gasteiger partial charge in [-0.25, -0.2) is 9.97 Å². The average molecular weight is 454 g/mol. The third-order valence-electron chi connectivity index (χ3n) is 4.87. The number of imidazole rings is 1. The van der Waals surface area contributed by atoms with E-state index < -0.39 is 30.3 Å². The van der Waals surface area contributed by atoms with Crippen molar-refractivity contribution in [2.75, 3.05) is 18.9 Å². The monoisotopic (exact) mass is 453 g/mol. The smallest absolute Gasteiger partial charge is 0.251 e. The Morgan fingerprint density at radius 3 is 2.82 bits per heavy atom. The van der Waals surface area contributed by atoms with Crippen molar-refractivity contribution in [2.24, 2.45) is 0 Å². The summed E-state index contributed by atoms with van der Waals surface area (Å²) in [6, 6.07) is 1.90. The fraction of sp³-hybridized carbons (Fsp3) is 0.611. The van der Waals surface area contributed by atoms with Crippen molar-refractivity contribution < 1.29 is 19.0 Å². The molecule has 28 heavy (non-hydrogen) atoms. The highest BCUT2D eigenvalue weighted by atomic mass is 79.9. The number of rotatable bonds is 5. The van der Waals surface area contributed by atoms with Crippen molar-refractivity contribution in [3.05, 3.63) is 17.0 Å². The molecule has 2 aromatic rings. The Labute approximate surface area is 171 Å². The Morgan fingerprint density at radius 2 is 2.11 bits per heavy atom. The first-order valence-electron chi connectivity index (χ1n) is 9.34. The van der Waals surface area contributed by atoms with Crippen LogP contribution in [-0.2, 0) is 19.0 Å². The van der Waals surface area contributed by atoms with Crippen molar-refractivity contribution in [2.45, 2.75) is 57.5 Å². The van der Waals surface area contributed by atoms with Gasteiger partial charge in [-0.05, 0) is 42.3 Å². The number of nitrogens with zero attached hydrogens (tertiary/aromatic N) is 3. The molecule has 2 aromatic heterocycles. The minimum atomic E-state index is -0.804. The summed E-state index contributed by atoms with van der Waals surface area (Å²) in [6.07, 6.45) is 0.337. The standard InChI is InChI=1S/C18H24BrN5O4/c1-5-6-21-9-7-10(19)23-15-11(9)22-8-24(15)17-14-12(27-18(2,3)28-14)13(26-17)16(25)20-4/h7-8,12-14,17H,5-6H2,1-4H3,(H,20,25)(H,21,23)/t12-,13+,14-,17-/m1/s1. The number of ether oxygens (including phenoxy) is 3. The average Bonchev–Trinajstić information content (AvgIpc) is 3.29. The number of fused-ring (bicyclic) bond motifs is 2. The lowest BCUT2D eigenvalue weighted by Gasteiger charge is -2.24. The normalized spacial score (nSPS) is 28.5. The maximum Gasteiger partial charge on any atom is 0.251 e. The molecule has 1 amide bonds. The zero-order valence-corrected chi connectivity index (χ0v) is 17.8. The first-order chi connectivity index (χ1) is 13.3. The number of anilines is 1. The summed E-state index contributed by atoms with van der Waals surface area (Å²) in [5, 5.41) is 6.00. The highest BCUT2D eigenvalue weighted by molar-refractivity contribution is 9.10. The maximum atomic E-state index is 12.3. The molecular formula is C18H24BrN5O4. The van der Waals surface area contributed by atoms with Gasteiger partial charge in [0.2, 0.25) is 0 Å². The SMILES string of the molecule is CCCNc1cc(Br)nc2c1ncn2[C@@H]1O[C@H](C(=O)NC)[C@H]2OC(C)(C)O[C@H]21. The molecule has 0 unspecified atom stereocenters. The first kappa shape index (κ1) is 19.6. The van der Waals surface area contributed by atoms with Crippen LogP contribution in [0.3, 0.4) is 0 Å². The molecule has 10 heteroatoms. The third kappa shape index (κ3) is 3.28. The van der Waals surface area contributed by atoms with Crippen LogP contribution in [0.15, 0.2) is 17.0 Å². The molecule has 2 aliphatic rings. The van der Waals surface area contributed by atoms with E-state index >= 15 is 0 Å². The van der Waals surface area contributed by atoms with E-state index in [2.05, 4.69) is 43.5 Å². The molecule has 152 valence electrons. The lowest BCUT2D eigenvalue weighted by atomic mass is 10.1. The summed E-state index contributed by atoms with van der Waals surface area (Å²) in [5.74, 6) is -1.05. The number of nitrogens with one attached hydrogen (secondary N) is 2. The number of carbonyl (C=O) groups excluding carboxylic acids is 1. The molecule has 9 nitrogen and oxygen atoms in total. The van der Waals surface area contributed by atoms with Gasteiger partial charge in [0.15, 0.2) is 23.8 Å². The second kappa shape index (κ2) is 7.25. The molecule has 0 aromatic carbocycles. The van der Waals surface area contributed by atoms with E-state index in [0.29, 0.717) is 10.3 Å². The maximum absolute atomic E-state index is 12.3. The van der Waals surface area contributed by atoms with Crippen LogP contribution in [-0.4, -0.2) is 58.1 Å². The molecule has 4 rings (SSSR count). The van der Waals surface area contributed by atoms with Crippen LogP contribution in [0.5, 0.6) is 0 Å². The molecule has 4 heterocycles. The molecule has 0 radical (unpaired) electrons. The van der Waals surface area contributed by atoms with Gasteiger partial charge in [-0.1, -0.05) is 6.92 Å². The molecule has 0 saturated carbocycles. The Hall–Kier alpha value is -1.75. The summed E-state index contributed by atoms with van der Waals surface area (Å²) in [6.45, 7) is 6.59. The molecule has 2 saturated heterocycles. The van der Waals surface area contributed by atoms with Crippen LogP contribution in [0.2, 0.25) is 0 Å². The second-order valence-electron chi connectivity index (χ2n) is 7.37. The van der Waals surface area contributed by atoms with E-state index in [9.17, 15) is 4.79 Å². The van der Waals surface area contributed by atoms with Crippen LogP contribution >= 0.6 is 15.9 Å². The van der Waals surface area contributed by atoms with Crippen LogP contribution in [0.1, 0.15) is 33.4 Å². The summed E-state index contributed by atoms with van der Waals surface area (Å²) in [4.78, 5) is 21.5. The zero-order valence-electron chi connectivity index (χ0n) is 16.2. The van der Waals surface area contributed by atoms with Crippen molar-refractivity contribution in [1.82, 2.24) is 19.9 Å². The molecule has 2 aliphatic heterocycles. The Balaban J connectivity index is 1.75.